The van der Waals surface area contributed by atoms with Crippen LogP contribution >= 0.6 is 0 Å². The van der Waals surface area contributed by atoms with Gasteiger partial charge < -0.3 is 10.1 Å². The molecule has 0 amide bonds. The SMILES string of the molecule is CCC1(CC)CC(Nc2nc3c(C)cccn3n2)CCO1. The second-order valence-corrected chi connectivity index (χ2v) is 5.97. The van der Waals surface area contributed by atoms with Crippen LogP contribution in [-0.4, -0.2) is 32.8 Å². The van der Waals surface area contributed by atoms with Gasteiger partial charge in [-0.1, -0.05) is 19.9 Å². The van der Waals surface area contributed by atoms with Crippen molar-refractivity contribution < 1.29 is 4.74 Å². The zero-order chi connectivity index (χ0) is 14.9. The highest BCUT2D eigenvalue weighted by Crippen LogP contribution is 2.32. The van der Waals surface area contributed by atoms with Crippen molar-refractivity contribution in [1.29, 1.82) is 0 Å². The Morgan fingerprint density at radius 2 is 2.24 bits per heavy atom. The molecule has 0 spiro atoms. The van der Waals surface area contributed by atoms with E-state index >= 15 is 0 Å². The number of nitrogens with zero attached hydrogens (tertiary/aromatic N) is 3. The summed E-state index contributed by atoms with van der Waals surface area (Å²) in [5, 5.41) is 8.02. The van der Waals surface area contributed by atoms with E-state index in [0.29, 0.717) is 6.04 Å². The van der Waals surface area contributed by atoms with Gasteiger partial charge in [0, 0.05) is 18.8 Å². The molecule has 0 aromatic carbocycles. The van der Waals surface area contributed by atoms with Crippen molar-refractivity contribution in [2.45, 2.75) is 58.1 Å². The van der Waals surface area contributed by atoms with Gasteiger partial charge in [0.2, 0.25) is 5.95 Å². The number of hydrogen-bond donors (Lipinski definition) is 1. The number of anilines is 1. The normalized spacial score (nSPS) is 21.6. The van der Waals surface area contributed by atoms with E-state index in [-0.39, 0.29) is 5.60 Å². The topological polar surface area (TPSA) is 51.5 Å². The molecule has 1 aliphatic rings. The summed E-state index contributed by atoms with van der Waals surface area (Å²) in [6, 6.07) is 4.44. The molecule has 3 heterocycles. The molecule has 114 valence electrons. The molecule has 1 fully saturated rings. The highest BCUT2D eigenvalue weighted by atomic mass is 16.5. The van der Waals surface area contributed by atoms with Gasteiger partial charge in [-0.2, -0.15) is 4.98 Å². The summed E-state index contributed by atoms with van der Waals surface area (Å²) in [6.45, 7) is 7.28. The van der Waals surface area contributed by atoms with Crippen LogP contribution in [0.25, 0.3) is 5.65 Å². The lowest BCUT2D eigenvalue weighted by atomic mass is 9.86. The summed E-state index contributed by atoms with van der Waals surface area (Å²) < 4.78 is 7.86. The molecule has 5 nitrogen and oxygen atoms in total. The average molecular weight is 288 g/mol. The molecule has 1 unspecified atom stereocenters. The average Bonchev–Trinajstić information content (AvgIpc) is 2.91. The summed E-state index contributed by atoms with van der Waals surface area (Å²) >= 11 is 0. The van der Waals surface area contributed by atoms with Crippen LogP contribution in [0.3, 0.4) is 0 Å². The molecule has 3 rings (SSSR count). The van der Waals surface area contributed by atoms with E-state index < -0.39 is 0 Å². The third-order valence-corrected chi connectivity index (χ3v) is 4.67. The Morgan fingerprint density at radius 3 is 2.95 bits per heavy atom. The van der Waals surface area contributed by atoms with Crippen molar-refractivity contribution in [3.63, 3.8) is 0 Å². The lowest BCUT2D eigenvalue weighted by Crippen LogP contribution is -2.43. The van der Waals surface area contributed by atoms with E-state index in [9.17, 15) is 0 Å². The highest BCUT2D eigenvalue weighted by Gasteiger charge is 2.34. The van der Waals surface area contributed by atoms with Crippen LogP contribution in [0.5, 0.6) is 0 Å². The zero-order valence-corrected chi connectivity index (χ0v) is 13.1. The quantitative estimate of drug-likeness (QED) is 0.938. The first-order valence-corrected chi connectivity index (χ1v) is 7.88. The molecule has 0 aliphatic carbocycles. The van der Waals surface area contributed by atoms with Gasteiger partial charge in [-0.3, -0.25) is 0 Å². The van der Waals surface area contributed by atoms with Gasteiger partial charge in [0.15, 0.2) is 5.65 Å². The lowest BCUT2D eigenvalue weighted by Gasteiger charge is -2.40. The van der Waals surface area contributed by atoms with Gasteiger partial charge in [0.1, 0.15) is 0 Å². The maximum atomic E-state index is 6.02. The van der Waals surface area contributed by atoms with Gasteiger partial charge in [0.25, 0.3) is 0 Å². The fourth-order valence-corrected chi connectivity index (χ4v) is 3.18. The Morgan fingerprint density at radius 1 is 1.43 bits per heavy atom. The molecule has 5 heteroatoms. The Kier molecular flexibility index (Phi) is 3.85. The Hall–Kier alpha value is -1.62. The molecular formula is C16H24N4O. The van der Waals surface area contributed by atoms with Gasteiger partial charge in [-0.25, -0.2) is 4.52 Å². The van der Waals surface area contributed by atoms with E-state index in [2.05, 4.69) is 42.2 Å². The van der Waals surface area contributed by atoms with Crippen molar-refractivity contribution in [3.05, 3.63) is 23.9 Å². The van der Waals surface area contributed by atoms with E-state index in [0.717, 1.165) is 49.4 Å². The number of aryl methyl sites for hydroxylation is 1. The van der Waals surface area contributed by atoms with Crippen LogP contribution in [-0.2, 0) is 4.74 Å². The maximum Gasteiger partial charge on any atom is 0.243 e. The van der Waals surface area contributed by atoms with E-state index in [1.165, 1.54) is 0 Å². The van der Waals surface area contributed by atoms with Crippen molar-refractivity contribution >= 4 is 11.6 Å². The smallest absolute Gasteiger partial charge is 0.243 e. The van der Waals surface area contributed by atoms with Gasteiger partial charge in [-0.15, -0.1) is 5.10 Å². The Balaban J connectivity index is 1.77. The van der Waals surface area contributed by atoms with E-state index in [1.54, 1.807) is 0 Å². The Labute approximate surface area is 125 Å². The minimum atomic E-state index is 0.0188. The zero-order valence-electron chi connectivity index (χ0n) is 13.1. The predicted molar refractivity (Wildman–Crippen MR) is 83.6 cm³/mol. The molecule has 2 aromatic rings. The predicted octanol–water partition coefficient (Wildman–Crippen LogP) is 3.19. The second-order valence-electron chi connectivity index (χ2n) is 5.97. The summed E-state index contributed by atoms with van der Waals surface area (Å²) in [6.07, 6.45) is 6.08. The number of pyridine rings is 1. The molecule has 0 saturated carbocycles. The second kappa shape index (κ2) is 5.64. The molecule has 21 heavy (non-hydrogen) atoms. The van der Waals surface area contributed by atoms with E-state index in [1.807, 2.05) is 16.8 Å². The van der Waals surface area contributed by atoms with E-state index in [4.69, 9.17) is 4.74 Å². The number of ether oxygens (including phenoxy) is 1. The number of rotatable bonds is 4. The van der Waals surface area contributed by atoms with Crippen molar-refractivity contribution in [2.24, 2.45) is 0 Å². The molecule has 1 saturated heterocycles. The van der Waals surface area contributed by atoms with Crippen LogP contribution in [0, 0.1) is 6.92 Å². The van der Waals surface area contributed by atoms with Crippen LogP contribution in [0.1, 0.15) is 45.1 Å². The summed E-state index contributed by atoms with van der Waals surface area (Å²) in [5.74, 6) is 0.720. The van der Waals surface area contributed by atoms with Crippen LogP contribution in [0.2, 0.25) is 0 Å². The molecular weight excluding hydrogens is 264 g/mol. The van der Waals surface area contributed by atoms with Gasteiger partial charge in [-0.05, 0) is 44.2 Å². The third kappa shape index (κ3) is 2.75. The van der Waals surface area contributed by atoms with Crippen molar-refractivity contribution in [2.75, 3.05) is 11.9 Å². The largest absolute Gasteiger partial charge is 0.375 e. The first-order chi connectivity index (χ1) is 10.2. The molecule has 1 N–H and O–H groups in total. The van der Waals surface area contributed by atoms with Gasteiger partial charge in [0.05, 0.1) is 5.60 Å². The highest BCUT2D eigenvalue weighted by molar-refractivity contribution is 5.50. The van der Waals surface area contributed by atoms with Gasteiger partial charge >= 0.3 is 0 Å². The fourth-order valence-electron chi connectivity index (χ4n) is 3.18. The van der Waals surface area contributed by atoms with Crippen molar-refractivity contribution in [1.82, 2.24) is 14.6 Å². The van der Waals surface area contributed by atoms with Crippen LogP contribution in [0.4, 0.5) is 5.95 Å². The molecule has 1 atom stereocenters. The standard InChI is InChI=1S/C16H24N4O/c1-4-16(5-2)11-13(8-10-21-16)17-15-18-14-12(3)7-6-9-20(14)19-15/h6-7,9,13H,4-5,8,10-11H2,1-3H3,(H,17,19). The third-order valence-electron chi connectivity index (χ3n) is 4.67. The molecule has 0 bridgehead atoms. The Bertz CT molecular complexity index is 618. The lowest BCUT2D eigenvalue weighted by molar-refractivity contribution is -0.0865. The minimum Gasteiger partial charge on any atom is -0.375 e. The summed E-state index contributed by atoms with van der Waals surface area (Å²) in [5.41, 5.74) is 2.08. The summed E-state index contributed by atoms with van der Waals surface area (Å²) in [7, 11) is 0. The van der Waals surface area contributed by atoms with Crippen LogP contribution in [0.15, 0.2) is 18.3 Å². The number of aromatic nitrogens is 3. The molecule has 2 aromatic heterocycles. The summed E-state index contributed by atoms with van der Waals surface area (Å²) in [4.78, 5) is 4.61. The monoisotopic (exact) mass is 288 g/mol. The first kappa shape index (κ1) is 14.3. The van der Waals surface area contributed by atoms with Crippen LogP contribution < -0.4 is 5.32 Å². The molecule has 0 radical (unpaired) electrons. The first-order valence-electron chi connectivity index (χ1n) is 7.88. The molecule has 1 aliphatic heterocycles. The fraction of sp³-hybridized carbons (Fsp3) is 0.625. The number of fused-ring (bicyclic) bond motifs is 1. The minimum absolute atomic E-state index is 0.0188. The number of hydrogen-bond acceptors (Lipinski definition) is 4. The maximum absolute atomic E-state index is 6.02. The van der Waals surface area contributed by atoms with Crippen molar-refractivity contribution in [3.8, 4) is 0 Å². The number of nitrogens with one attached hydrogen (secondary N) is 1.